The van der Waals surface area contributed by atoms with E-state index in [0.29, 0.717) is 35.4 Å². The lowest BCUT2D eigenvalue weighted by atomic mass is 9.94. The van der Waals surface area contributed by atoms with Crippen LogP contribution in [0.2, 0.25) is 0 Å². The summed E-state index contributed by atoms with van der Waals surface area (Å²) in [7, 11) is -2.53. The third-order valence-corrected chi connectivity index (χ3v) is 8.78. The van der Waals surface area contributed by atoms with Crippen LogP contribution in [-0.4, -0.2) is 47.4 Å². The molecule has 1 aliphatic heterocycles. The number of fused-ring (bicyclic) bond motifs is 1. The highest BCUT2D eigenvalue weighted by atomic mass is 32.3. The number of aromatic nitrogens is 2. The van der Waals surface area contributed by atoms with E-state index in [1.165, 1.54) is 0 Å². The van der Waals surface area contributed by atoms with E-state index in [0.717, 1.165) is 16.1 Å². The molecule has 1 amide bonds. The average molecular weight is 490 g/mol. The molecular formula is C24H31N3O4S2. The fourth-order valence-corrected chi connectivity index (χ4v) is 6.55. The molecule has 3 aromatic rings. The van der Waals surface area contributed by atoms with Crippen LogP contribution in [0.4, 0.5) is 0 Å². The van der Waals surface area contributed by atoms with Crippen molar-refractivity contribution in [1.82, 2.24) is 14.5 Å². The molecule has 0 aliphatic carbocycles. The van der Waals surface area contributed by atoms with Gasteiger partial charge in [-0.05, 0) is 76.3 Å². The lowest BCUT2D eigenvalue weighted by molar-refractivity contribution is 0.0898. The number of carbonyl (C=O) groups is 1. The number of imidazole rings is 1. The fourth-order valence-electron chi connectivity index (χ4n) is 4.33. The molecule has 4 rings (SSSR count). The Morgan fingerprint density at radius 2 is 1.82 bits per heavy atom. The molecule has 0 atom stereocenters. The van der Waals surface area contributed by atoms with Gasteiger partial charge in [0.15, 0.2) is 0 Å². The third-order valence-electron chi connectivity index (χ3n) is 6.34. The zero-order chi connectivity index (χ0) is 24.0. The van der Waals surface area contributed by atoms with Crippen LogP contribution in [0.1, 0.15) is 50.0 Å². The minimum absolute atomic E-state index is 0.0793. The molecule has 1 saturated heterocycles. The first-order valence-corrected chi connectivity index (χ1v) is 14.1. The summed E-state index contributed by atoms with van der Waals surface area (Å²) in [6, 6.07) is 13.1. The molecule has 3 N–H and O–H groups in total. The first-order valence-electron chi connectivity index (χ1n) is 11.0. The highest BCUT2D eigenvalue weighted by Crippen LogP contribution is 2.46. The molecule has 0 unspecified atom stereocenters. The highest BCUT2D eigenvalue weighted by Gasteiger charge is 2.35. The lowest BCUT2D eigenvalue weighted by Gasteiger charge is -2.44. The van der Waals surface area contributed by atoms with Crippen molar-refractivity contribution in [2.45, 2.75) is 50.1 Å². The van der Waals surface area contributed by atoms with Crippen molar-refractivity contribution in [1.29, 1.82) is 0 Å². The average Bonchev–Trinajstić information content (AvgIpc) is 3.07. The number of amides is 1. The Hall–Kier alpha value is -2.20. The number of carbonyl (C=O) groups excluding carboxylic acids is 1. The molecule has 7 nitrogen and oxygen atoms in total. The van der Waals surface area contributed by atoms with Gasteiger partial charge in [-0.25, -0.2) is 4.79 Å². The summed E-state index contributed by atoms with van der Waals surface area (Å²) in [6.07, 6.45) is 3.03. The van der Waals surface area contributed by atoms with Crippen molar-refractivity contribution in [2.75, 3.05) is 17.8 Å². The second-order valence-electron chi connectivity index (χ2n) is 9.21. The van der Waals surface area contributed by atoms with Gasteiger partial charge in [0.25, 0.3) is 5.91 Å². The van der Waals surface area contributed by atoms with E-state index in [4.69, 9.17) is 0 Å². The summed E-state index contributed by atoms with van der Waals surface area (Å²) in [5.41, 5.74) is 2.10. The maximum atomic E-state index is 13.4. The minimum Gasteiger partial charge on any atom is -0.347 e. The van der Waals surface area contributed by atoms with Gasteiger partial charge in [-0.1, -0.05) is 6.07 Å². The topological polar surface area (TPSA) is 96.5 Å². The van der Waals surface area contributed by atoms with Crippen molar-refractivity contribution in [3.8, 4) is 5.69 Å². The van der Waals surface area contributed by atoms with Crippen LogP contribution in [0.15, 0.2) is 52.2 Å². The van der Waals surface area contributed by atoms with Crippen LogP contribution in [0.25, 0.3) is 16.7 Å². The van der Waals surface area contributed by atoms with E-state index in [-0.39, 0.29) is 17.6 Å². The highest BCUT2D eigenvalue weighted by molar-refractivity contribution is 8.24. The van der Waals surface area contributed by atoms with Crippen LogP contribution < -0.4 is 11.0 Å². The summed E-state index contributed by atoms with van der Waals surface area (Å²) in [6.45, 7) is 5.85. The predicted octanol–water partition coefficient (Wildman–Crippen LogP) is 5.13. The van der Waals surface area contributed by atoms with Gasteiger partial charge < -0.3 is 5.32 Å². The largest absolute Gasteiger partial charge is 0.347 e. The van der Waals surface area contributed by atoms with Crippen molar-refractivity contribution in [3.05, 3.63) is 58.5 Å². The molecule has 1 aliphatic rings. The number of rotatable bonds is 5. The number of hydrogen-bond donors (Lipinski definition) is 3. The van der Waals surface area contributed by atoms with E-state index in [9.17, 15) is 18.7 Å². The fraction of sp³-hybridized carbons (Fsp3) is 0.417. The molecular weight excluding hydrogens is 458 g/mol. The molecule has 2 aromatic carbocycles. The summed E-state index contributed by atoms with van der Waals surface area (Å²) >= 11 is 1.62. The van der Waals surface area contributed by atoms with Gasteiger partial charge in [-0.2, -0.15) is 10.6 Å². The normalized spacial score (nSPS) is 18.4. The summed E-state index contributed by atoms with van der Waals surface area (Å²) in [5, 5.41) is 3.09. The van der Waals surface area contributed by atoms with E-state index in [2.05, 4.69) is 5.32 Å². The van der Waals surface area contributed by atoms with Crippen LogP contribution in [0.5, 0.6) is 0 Å². The number of thioether (sulfide) groups is 1. The lowest BCUT2D eigenvalue weighted by Crippen LogP contribution is -2.50. The quantitative estimate of drug-likeness (QED) is 0.432. The Kier molecular flexibility index (Phi) is 6.43. The molecule has 0 saturated carbocycles. The first-order chi connectivity index (χ1) is 15.5. The number of benzene rings is 2. The molecule has 33 heavy (non-hydrogen) atoms. The summed E-state index contributed by atoms with van der Waals surface area (Å²) < 4.78 is 23.2. The van der Waals surface area contributed by atoms with Crippen LogP contribution in [0, 0.1) is 0 Å². The Balaban J connectivity index is 1.74. The van der Waals surface area contributed by atoms with Crippen LogP contribution in [0.3, 0.4) is 0 Å². The van der Waals surface area contributed by atoms with Gasteiger partial charge in [-0.15, -0.1) is 11.8 Å². The van der Waals surface area contributed by atoms with Gasteiger partial charge in [0.2, 0.25) is 0 Å². The zero-order valence-electron chi connectivity index (χ0n) is 19.4. The van der Waals surface area contributed by atoms with Crippen molar-refractivity contribution in [3.63, 3.8) is 0 Å². The van der Waals surface area contributed by atoms with Gasteiger partial charge >= 0.3 is 5.69 Å². The number of hydrogen-bond acceptors (Lipinski definition) is 5. The Morgan fingerprint density at radius 1 is 1.12 bits per heavy atom. The molecule has 1 aromatic heterocycles. The standard InChI is InChI=1S/C24H31N3O4S2/c1-16(2)26-21-14-17(22(28)25-24(3)10-12-33(30,31)13-11-24)8-9-20(21)27(23(26)29)18-6-5-7-19(15-18)32-4/h5-9,14-16,30-31H,10-13H2,1-4H3,(H,25,28). The van der Waals surface area contributed by atoms with Crippen molar-refractivity contribution < 1.29 is 13.9 Å². The molecule has 0 spiro atoms. The van der Waals surface area contributed by atoms with E-state index >= 15 is 0 Å². The van der Waals surface area contributed by atoms with Gasteiger partial charge in [0, 0.05) is 33.5 Å². The molecule has 9 heteroatoms. The summed E-state index contributed by atoms with van der Waals surface area (Å²) in [4.78, 5) is 27.6. The van der Waals surface area contributed by atoms with E-state index < -0.39 is 16.1 Å². The minimum atomic E-state index is -2.53. The molecule has 178 valence electrons. The second-order valence-corrected chi connectivity index (χ2v) is 12.5. The molecule has 0 radical (unpaired) electrons. The Bertz CT molecular complexity index is 1250. The van der Waals surface area contributed by atoms with Crippen molar-refractivity contribution in [2.24, 2.45) is 0 Å². The van der Waals surface area contributed by atoms with Gasteiger partial charge in [0.05, 0.1) is 16.7 Å². The van der Waals surface area contributed by atoms with E-state index in [1.807, 2.05) is 57.4 Å². The SMILES string of the molecule is CSc1cccc(-n2c(=O)n(C(C)C)c3cc(C(=O)NC4(C)CCS(O)(O)CC4)ccc32)c1. The predicted molar refractivity (Wildman–Crippen MR) is 137 cm³/mol. The Labute approximate surface area is 199 Å². The number of nitrogens with one attached hydrogen (secondary N) is 1. The van der Waals surface area contributed by atoms with Crippen LogP contribution >= 0.6 is 22.4 Å². The molecule has 1 fully saturated rings. The van der Waals surface area contributed by atoms with Gasteiger partial charge in [-0.3, -0.25) is 23.0 Å². The second kappa shape index (κ2) is 8.87. The smallest absolute Gasteiger partial charge is 0.333 e. The van der Waals surface area contributed by atoms with Gasteiger partial charge in [0.1, 0.15) is 0 Å². The van der Waals surface area contributed by atoms with Crippen molar-refractivity contribution >= 4 is 39.3 Å². The maximum Gasteiger partial charge on any atom is 0.333 e. The van der Waals surface area contributed by atoms with E-state index in [1.54, 1.807) is 33.0 Å². The zero-order valence-corrected chi connectivity index (χ0v) is 21.0. The molecule has 0 bridgehead atoms. The van der Waals surface area contributed by atoms with Crippen LogP contribution in [-0.2, 0) is 0 Å². The number of nitrogens with zero attached hydrogens (tertiary/aromatic N) is 2. The summed E-state index contributed by atoms with van der Waals surface area (Å²) in [5.74, 6) is 0.374. The molecule has 2 heterocycles. The first kappa shape index (κ1) is 23.9. The monoisotopic (exact) mass is 489 g/mol. The Morgan fingerprint density at radius 3 is 2.45 bits per heavy atom. The maximum absolute atomic E-state index is 13.4. The third kappa shape index (κ3) is 4.73.